The van der Waals surface area contributed by atoms with Crippen LogP contribution in [0.5, 0.6) is 0 Å². The fourth-order valence-electron chi connectivity index (χ4n) is 2.78. The topological polar surface area (TPSA) is 72.5 Å². The molecule has 2 heterocycles. The molecule has 5 heteroatoms. The first kappa shape index (κ1) is 10.6. The first-order valence-corrected chi connectivity index (χ1v) is 6.40. The van der Waals surface area contributed by atoms with Crippen LogP contribution < -0.4 is 5.73 Å². The molecule has 3 rings (SSSR count). The van der Waals surface area contributed by atoms with E-state index < -0.39 is 0 Å². The minimum atomic E-state index is 0.375. The summed E-state index contributed by atoms with van der Waals surface area (Å²) in [5, 5.41) is 13.0. The molecule has 2 aromatic rings. The van der Waals surface area contributed by atoms with Crippen molar-refractivity contribution in [2.24, 2.45) is 0 Å². The fraction of sp³-hybridized carbons (Fsp3) is 0.667. The number of nitrogens with zero attached hydrogens (tertiary/aromatic N) is 3. The molecule has 0 aromatic carbocycles. The van der Waals surface area contributed by atoms with Crippen LogP contribution in [-0.2, 0) is 0 Å². The van der Waals surface area contributed by atoms with E-state index in [4.69, 9.17) is 10.8 Å². The summed E-state index contributed by atoms with van der Waals surface area (Å²) < 4.78 is 2.09. The molecule has 5 nitrogen and oxygen atoms in total. The SMILES string of the molecule is CC(C)c1nn(C2CCCC2)c2n[nH]c(N)c12. The second-order valence-corrected chi connectivity index (χ2v) is 5.26. The van der Waals surface area contributed by atoms with Crippen LogP contribution in [0.15, 0.2) is 0 Å². The Hall–Kier alpha value is -1.52. The van der Waals surface area contributed by atoms with Gasteiger partial charge in [-0.05, 0) is 18.8 Å². The van der Waals surface area contributed by atoms with Gasteiger partial charge in [-0.3, -0.25) is 5.10 Å². The molecule has 2 aromatic heterocycles. The minimum Gasteiger partial charge on any atom is -0.383 e. The molecule has 0 saturated heterocycles. The Morgan fingerprint density at radius 1 is 1.35 bits per heavy atom. The molecule has 0 atom stereocenters. The molecular weight excluding hydrogens is 214 g/mol. The number of hydrogen-bond donors (Lipinski definition) is 2. The first-order chi connectivity index (χ1) is 8.18. The van der Waals surface area contributed by atoms with Crippen LogP contribution in [0.3, 0.4) is 0 Å². The van der Waals surface area contributed by atoms with E-state index in [9.17, 15) is 0 Å². The molecule has 1 aliphatic carbocycles. The molecule has 0 radical (unpaired) electrons. The highest BCUT2D eigenvalue weighted by atomic mass is 15.4. The lowest BCUT2D eigenvalue weighted by Gasteiger charge is -2.09. The standard InChI is InChI=1S/C12H19N5/c1-7(2)10-9-11(13)14-15-12(9)17(16-10)8-5-3-4-6-8/h7-8H,3-6H2,1-2H3,(H3,13,14,15). The van der Waals surface area contributed by atoms with Gasteiger partial charge in [-0.2, -0.15) is 10.2 Å². The smallest absolute Gasteiger partial charge is 0.182 e. The third kappa shape index (κ3) is 1.52. The van der Waals surface area contributed by atoms with Gasteiger partial charge in [0.2, 0.25) is 0 Å². The molecule has 0 bridgehead atoms. The van der Waals surface area contributed by atoms with Gasteiger partial charge >= 0.3 is 0 Å². The van der Waals surface area contributed by atoms with Crippen molar-refractivity contribution in [2.45, 2.75) is 51.5 Å². The first-order valence-electron chi connectivity index (χ1n) is 6.40. The summed E-state index contributed by atoms with van der Waals surface area (Å²) in [6, 6.07) is 0.507. The van der Waals surface area contributed by atoms with Crippen molar-refractivity contribution in [1.29, 1.82) is 0 Å². The van der Waals surface area contributed by atoms with Gasteiger partial charge in [0, 0.05) is 0 Å². The van der Waals surface area contributed by atoms with Crippen molar-refractivity contribution < 1.29 is 0 Å². The second kappa shape index (κ2) is 3.75. The number of nitrogens with one attached hydrogen (secondary N) is 1. The van der Waals surface area contributed by atoms with E-state index in [1.165, 1.54) is 25.7 Å². The van der Waals surface area contributed by atoms with Crippen molar-refractivity contribution in [2.75, 3.05) is 5.73 Å². The Morgan fingerprint density at radius 3 is 2.71 bits per heavy atom. The molecule has 3 N–H and O–H groups in total. The average Bonchev–Trinajstić information content (AvgIpc) is 2.95. The van der Waals surface area contributed by atoms with Gasteiger partial charge in [-0.1, -0.05) is 26.7 Å². The number of nitrogen functional groups attached to an aromatic ring is 1. The van der Waals surface area contributed by atoms with E-state index in [-0.39, 0.29) is 0 Å². The van der Waals surface area contributed by atoms with Crippen molar-refractivity contribution in [3.05, 3.63) is 5.69 Å². The van der Waals surface area contributed by atoms with E-state index in [1.54, 1.807) is 0 Å². The van der Waals surface area contributed by atoms with Gasteiger partial charge in [0.15, 0.2) is 5.65 Å². The van der Waals surface area contributed by atoms with Crippen LogP contribution in [-0.4, -0.2) is 20.0 Å². The quantitative estimate of drug-likeness (QED) is 0.837. The van der Waals surface area contributed by atoms with E-state index >= 15 is 0 Å². The molecule has 0 spiro atoms. The van der Waals surface area contributed by atoms with E-state index in [0.717, 1.165) is 16.7 Å². The van der Waals surface area contributed by atoms with Crippen LogP contribution in [0.25, 0.3) is 11.0 Å². The zero-order valence-corrected chi connectivity index (χ0v) is 10.4. The molecule has 17 heavy (non-hydrogen) atoms. The predicted octanol–water partition coefficient (Wildman–Crippen LogP) is 2.58. The van der Waals surface area contributed by atoms with Crippen molar-refractivity contribution in [3.8, 4) is 0 Å². The van der Waals surface area contributed by atoms with Gasteiger partial charge in [0.05, 0.1) is 17.1 Å². The number of aromatic nitrogens is 4. The van der Waals surface area contributed by atoms with Crippen LogP contribution in [0.4, 0.5) is 5.82 Å². The molecule has 92 valence electrons. The zero-order valence-electron chi connectivity index (χ0n) is 10.4. The van der Waals surface area contributed by atoms with Crippen LogP contribution >= 0.6 is 0 Å². The Labute approximate surface area is 100 Å². The van der Waals surface area contributed by atoms with Gasteiger partial charge in [0.25, 0.3) is 0 Å². The lowest BCUT2D eigenvalue weighted by atomic mass is 10.1. The lowest BCUT2D eigenvalue weighted by molar-refractivity contribution is 0.471. The highest BCUT2D eigenvalue weighted by Crippen LogP contribution is 2.35. The molecule has 1 saturated carbocycles. The van der Waals surface area contributed by atoms with Gasteiger partial charge < -0.3 is 5.73 Å². The summed E-state index contributed by atoms with van der Waals surface area (Å²) in [6.07, 6.45) is 5.01. The monoisotopic (exact) mass is 233 g/mol. The van der Waals surface area contributed by atoms with Crippen molar-refractivity contribution in [3.63, 3.8) is 0 Å². The summed E-state index contributed by atoms with van der Waals surface area (Å²) in [5.41, 5.74) is 7.95. The Morgan fingerprint density at radius 2 is 2.06 bits per heavy atom. The van der Waals surface area contributed by atoms with E-state index in [0.29, 0.717) is 17.8 Å². The third-order valence-electron chi connectivity index (χ3n) is 3.68. The summed E-state index contributed by atoms with van der Waals surface area (Å²) in [4.78, 5) is 0. The summed E-state index contributed by atoms with van der Waals surface area (Å²) in [5.74, 6) is 1.02. The number of H-pyrrole nitrogens is 1. The second-order valence-electron chi connectivity index (χ2n) is 5.26. The Balaban J connectivity index is 2.18. The van der Waals surface area contributed by atoms with Gasteiger partial charge in [0.1, 0.15) is 5.82 Å². The maximum Gasteiger partial charge on any atom is 0.182 e. The van der Waals surface area contributed by atoms with Gasteiger partial charge in [-0.25, -0.2) is 4.68 Å². The maximum absolute atomic E-state index is 5.96. The average molecular weight is 233 g/mol. The molecule has 1 fully saturated rings. The normalized spacial score (nSPS) is 17.6. The minimum absolute atomic E-state index is 0.375. The Bertz CT molecular complexity index is 530. The molecule has 0 amide bonds. The summed E-state index contributed by atoms with van der Waals surface area (Å²) >= 11 is 0. The number of fused-ring (bicyclic) bond motifs is 1. The van der Waals surface area contributed by atoms with E-state index in [1.807, 2.05) is 0 Å². The molecule has 0 aliphatic heterocycles. The van der Waals surface area contributed by atoms with Crippen LogP contribution in [0.1, 0.15) is 57.2 Å². The Kier molecular flexibility index (Phi) is 2.34. The lowest BCUT2D eigenvalue weighted by Crippen LogP contribution is -2.07. The highest BCUT2D eigenvalue weighted by molar-refractivity contribution is 5.89. The summed E-state index contributed by atoms with van der Waals surface area (Å²) in [6.45, 7) is 4.29. The number of hydrogen-bond acceptors (Lipinski definition) is 3. The van der Waals surface area contributed by atoms with Crippen LogP contribution in [0, 0.1) is 0 Å². The largest absolute Gasteiger partial charge is 0.383 e. The van der Waals surface area contributed by atoms with Gasteiger partial charge in [-0.15, -0.1) is 0 Å². The number of nitrogens with two attached hydrogens (primary N) is 1. The van der Waals surface area contributed by atoms with E-state index in [2.05, 4.69) is 28.7 Å². The number of aromatic amines is 1. The maximum atomic E-state index is 5.96. The molecule has 0 unspecified atom stereocenters. The fourth-order valence-corrected chi connectivity index (χ4v) is 2.78. The number of rotatable bonds is 2. The van der Waals surface area contributed by atoms with Crippen molar-refractivity contribution >= 4 is 16.9 Å². The van der Waals surface area contributed by atoms with Crippen molar-refractivity contribution in [1.82, 2.24) is 20.0 Å². The number of anilines is 1. The summed E-state index contributed by atoms with van der Waals surface area (Å²) in [7, 11) is 0. The zero-order chi connectivity index (χ0) is 12.0. The third-order valence-corrected chi connectivity index (χ3v) is 3.68. The molecular formula is C12H19N5. The van der Waals surface area contributed by atoms with Crippen LogP contribution in [0.2, 0.25) is 0 Å². The molecule has 1 aliphatic rings. The highest BCUT2D eigenvalue weighted by Gasteiger charge is 2.25. The predicted molar refractivity (Wildman–Crippen MR) is 67.9 cm³/mol.